The summed E-state index contributed by atoms with van der Waals surface area (Å²) in [5, 5.41) is 13.4. The number of carbonyl (C=O) groups is 1. The number of rotatable bonds is 6. The fourth-order valence-electron chi connectivity index (χ4n) is 2.68. The fourth-order valence-corrected chi connectivity index (χ4v) is 4.64. The van der Waals surface area contributed by atoms with Crippen molar-refractivity contribution in [2.24, 2.45) is 0 Å². The fraction of sp³-hybridized carbons (Fsp3) is 0.533. The first kappa shape index (κ1) is 20.4. The van der Waals surface area contributed by atoms with Crippen molar-refractivity contribution in [1.82, 2.24) is 9.80 Å². The van der Waals surface area contributed by atoms with Gasteiger partial charge >= 0.3 is 6.03 Å². The van der Waals surface area contributed by atoms with Crippen LogP contribution in [0.1, 0.15) is 6.42 Å². The van der Waals surface area contributed by atoms with Gasteiger partial charge in [0.1, 0.15) is 0 Å². The molecule has 2 amide bonds. The molecule has 1 atom stereocenters. The minimum absolute atomic E-state index is 0.0409. The first-order chi connectivity index (χ1) is 12.1. The molecule has 1 unspecified atom stereocenters. The average Bonchev–Trinajstić information content (AvgIpc) is 2.88. The van der Waals surface area contributed by atoms with Crippen molar-refractivity contribution >= 4 is 38.8 Å². The van der Waals surface area contributed by atoms with Crippen molar-refractivity contribution in [1.29, 1.82) is 0 Å². The lowest BCUT2D eigenvalue weighted by Crippen LogP contribution is -2.46. The number of urea groups is 1. The number of amides is 2. The summed E-state index contributed by atoms with van der Waals surface area (Å²) in [5.74, 6) is -0.0104. The number of hydrogen-bond acceptors (Lipinski definition) is 6. The van der Waals surface area contributed by atoms with Gasteiger partial charge in [0.2, 0.25) is 0 Å². The summed E-state index contributed by atoms with van der Waals surface area (Å²) in [6.45, 7) is 0.918. The van der Waals surface area contributed by atoms with Gasteiger partial charge in [-0.15, -0.1) is 0 Å². The number of nitrogens with one attached hydrogen (secondary N) is 1. The van der Waals surface area contributed by atoms with Crippen LogP contribution in [0.15, 0.2) is 18.2 Å². The molecule has 1 fully saturated rings. The molecule has 1 heterocycles. The number of halogens is 1. The maximum atomic E-state index is 12.7. The zero-order valence-corrected chi connectivity index (χ0v) is 16.1. The summed E-state index contributed by atoms with van der Waals surface area (Å²) in [6.07, 6.45) is 0.386. The van der Waals surface area contributed by atoms with E-state index in [0.717, 1.165) is 6.07 Å². The monoisotopic (exact) mass is 404 g/mol. The van der Waals surface area contributed by atoms with Gasteiger partial charge in [-0.2, -0.15) is 0 Å². The summed E-state index contributed by atoms with van der Waals surface area (Å²) < 4.78 is 23.5. The molecule has 1 aromatic carbocycles. The predicted molar refractivity (Wildman–Crippen MR) is 99.4 cm³/mol. The van der Waals surface area contributed by atoms with Crippen molar-refractivity contribution in [3.63, 3.8) is 0 Å². The molecule has 1 N–H and O–H groups in total. The molecule has 0 aromatic heterocycles. The van der Waals surface area contributed by atoms with E-state index in [2.05, 4.69) is 5.32 Å². The topological polar surface area (TPSA) is 113 Å². The van der Waals surface area contributed by atoms with Crippen LogP contribution in [0.5, 0.6) is 0 Å². The molecule has 1 aliphatic heterocycles. The third-order valence-corrected chi connectivity index (χ3v) is 6.17. The van der Waals surface area contributed by atoms with Crippen LogP contribution in [0.4, 0.5) is 16.2 Å². The number of anilines is 1. The first-order valence-corrected chi connectivity index (χ1v) is 10.2. The Labute approximate surface area is 157 Å². The largest absolute Gasteiger partial charge is 0.322 e. The lowest BCUT2D eigenvalue weighted by molar-refractivity contribution is -0.384. The average molecular weight is 405 g/mol. The van der Waals surface area contributed by atoms with Gasteiger partial charge in [-0.05, 0) is 26.6 Å². The van der Waals surface area contributed by atoms with Gasteiger partial charge in [-0.25, -0.2) is 13.2 Å². The van der Waals surface area contributed by atoms with Gasteiger partial charge in [0.25, 0.3) is 5.69 Å². The van der Waals surface area contributed by atoms with Crippen LogP contribution in [0.3, 0.4) is 0 Å². The Kier molecular flexibility index (Phi) is 6.43. The molecule has 1 saturated heterocycles. The summed E-state index contributed by atoms with van der Waals surface area (Å²) in [4.78, 5) is 26.3. The third kappa shape index (κ3) is 5.29. The van der Waals surface area contributed by atoms with Gasteiger partial charge < -0.3 is 15.1 Å². The normalized spacial score (nSPS) is 18.7. The molecule has 0 bridgehead atoms. The maximum Gasteiger partial charge on any atom is 0.322 e. The standard InChI is InChI=1S/C15H21ClN4O5S/c1-18(2)6-7-19(12-5-8-26(24,25)10-12)15(21)17-14-4-3-11(20(22)23)9-13(14)16/h3-4,9,12H,5-8,10H2,1-2H3,(H,17,21). The number of nitrogens with zero attached hydrogens (tertiary/aromatic N) is 3. The Morgan fingerprint density at radius 3 is 2.58 bits per heavy atom. The van der Waals surface area contributed by atoms with Crippen molar-refractivity contribution in [2.45, 2.75) is 12.5 Å². The van der Waals surface area contributed by atoms with E-state index in [-0.39, 0.29) is 27.9 Å². The van der Waals surface area contributed by atoms with E-state index in [1.165, 1.54) is 17.0 Å². The maximum absolute atomic E-state index is 12.7. The van der Waals surface area contributed by atoms with Crippen LogP contribution in [-0.4, -0.2) is 73.9 Å². The van der Waals surface area contributed by atoms with Crippen LogP contribution in [0, 0.1) is 10.1 Å². The van der Waals surface area contributed by atoms with Gasteiger partial charge in [-0.3, -0.25) is 10.1 Å². The molecule has 2 rings (SSSR count). The Bertz CT molecular complexity index is 799. The molecule has 0 spiro atoms. The molecule has 0 saturated carbocycles. The highest BCUT2D eigenvalue weighted by atomic mass is 35.5. The Morgan fingerprint density at radius 1 is 1.38 bits per heavy atom. The third-order valence-electron chi connectivity index (χ3n) is 4.10. The number of benzene rings is 1. The smallest absolute Gasteiger partial charge is 0.319 e. The zero-order valence-electron chi connectivity index (χ0n) is 14.5. The zero-order chi connectivity index (χ0) is 19.5. The van der Waals surface area contributed by atoms with Crippen LogP contribution < -0.4 is 5.32 Å². The Hall–Kier alpha value is -1.91. The molecule has 9 nitrogen and oxygen atoms in total. The number of nitro groups is 1. The van der Waals surface area contributed by atoms with E-state index in [0.29, 0.717) is 19.5 Å². The molecule has 26 heavy (non-hydrogen) atoms. The summed E-state index contributed by atoms with van der Waals surface area (Å²) >= 11 is 6.01. The molecule has 0 aliphatic carbocycles. The Balaban J connectivity index is 2.17. The number of sulfone groups is 1. The molecular formula is C15H21ClN4O5S. The first-order valence-electron chi connectivity index (χ1n) is 7.96. The van der Waals surface area contributed by atoms with Crippen LogP contribution in [-0.2, 0) is 9.84 Å². The van der Waals surface area contributed by atoms with Crippen molar-refractivity contribution < 1.29 is 18.1 Å². The van der Waals surface area contributed by atoms with E-state index in [1.807, 2.05) is 19.0 Å². The number of non-ortho nitro benzene ring substituents is 1. The highest BCUT2D eigenvalue weighted by molar-refractivity contribution is 7.91. The molecule has 1 aliphatic rings. The SMILES string of the molecule is CN(C)CCN(C(=O)Nc1ccc([N+](=O)[O-])cc1Cl)C1CCS(=O)(=O)C1. The second kappa shape index (κ2) is 8.19. The van der Waals surface area contributed by atoms with E-state index >= 15 is 0 Å². The van der Waals surface area contributed by atoms with Crippen LogP contribution in [0.25, 0.3) is 0 Å². The van der Waals surface area contributed by atoms with Gasteiger partial charge in [-0.1, -0.05) is 11.6 Å². The number of carbonyl (C=O) groups excluding carboxylic acids is 1. The highest BCUT2D eigenvalue weighted by Crippen LogP contribution is 2.27. The minimum atomic E-state index is -3.15. The molecule has 0 radical (unpaired) electrons. The van der Waals surface area contributed by atoms with Gasteiger partial charge in [0.15, 0.2) is 9.84 Å². The molecule has 11 heteroatoms. The summed E-state index contributed by atoms with van der Waals surface area (Å²) in [7, 11) is 0.567. The minimum Gasteiger partial charge on any atom is -0.319 e. The lowest BCUT2D eigenvalue weighted by Gasteiger charge is -2.29. The number of likely N-dealkylation sites (N-methyl/N-ethyl adjacent to an activating group) is 1. The van der Waals surface area contributed by atoms with E-state index in [1.54, 1.807) is 0 Å². The summed E-state index contributed by atoms with van der Waals surface area (Å²) in [5.41, 5.74) is 0.0531. The van der Waals surface area contributed by atoms with E-state index in [4.69, 9.17) is 11.6 Å². The summed E-state index contributed by atoms with van der Waals surface area (Å²) in [6, 6.07) is 2.86. The predicted octanol–water partition coefficient (Wildman–Crippen LogP) is 1.83. The quantitative estimate of drug-likeness (QED) is 0.571. The van der Waals surface area contributed by atoms with Crippen molar-refractivity contribution in [3.05, 3.63) is 33.3 Å². The number of hydrogen-bond donors (Lipinski definition) is 1. The highest BCUT2D eigenvalue weighted by Gasteiger charge is 2.34. The lowest BCUT2D eigenvalue weighted by atomic mass is 10.2. The molecule has 144 valence electrons. The molecule has 1 aromatic rings. The molecular weight excluding hydrogens is 384 g/mol. The van der Waals surface area contributed by atoms with E-state index in [9.17, 15) is 23.3 Å². The van der Waals surface area contributed by atoms with Crippen molar-refractivity contribution in [2.75, 3.05) is 44.0 Å². The second-order valence-electron chi connectivity index (χ2n) is 6.40. The van der Waals surface area contributed by atoms with Gasteiger partial charge in [0.05, 0.1) is 27.1 Å². The van der Waals surface area contributed by atoms with Crippen LogP contribution >= 0.6 is 11.6 Å². The van der Waals surface area contributed by atoms with Crippen molar-refractivity contribution in [3.8, 4) is 0 Å². The number of nitro benzene ring substituents is 1. The van der Waals surface area contributed by atoms with Gasteiger partial charge in [0, 0.05) is 31.3 Å². The second-order valence-corrected chi connectivity index (χ2v) is 9.04. The van der Waals surface area contributed by atoms with E-state index < -0.39 is 26.8 Å². The Morgan fingerprint density at radius 2 is 2.08 bits per heavy atom. The van der Waals surface area contributed by atoms with Crippen LogP contribution in [0.2, 0.25) is 5.02 Å².